The van der Waals surface area contributed by atoms with Gasteiger partial charge in [0.1, 0.15) is 5.76 Å². The first-order valence-corrected chi connectivity index (χ1v) is 8.84. The molecule has 27 heavy (non-hydrogen) atoms. The van der Waals surface area contributed by atoms with E-state index in [1.165, 1.54) is 0 Å². The smallest absolute Gasteiger partial charge is 0.227 e. The molecular weight excluding hydrogens is 457 g/mol. The number of carbonyl (C=O) groups is 1. The Bertz CT molecular complexity index is 781. The van der Waals surface area contributed by atoms with Crippen molar-refractivity contribution in [2.24, 2.45) is 4.99 Å². The van der Waals surface area contributed by atoms with Crippen LogP contribution in [0.4, 0.5) is 5.69 Å². The van der Waals surface area contributed by atoms with Gasteiger partial charge in [0, 0.05) is 44.4 Å². The Morgan fingerprint density at radius 2 is 1.93 bits per heavy atom. The van der Waals surface area contributed by atoms with Crippen molar-refractivity contribution < 1.29 is 9.32 Å². The topological polar surface area (TPSA) is 82.8 Å². The minimum Gasteiger partial charge on any atom is -0.361 e. The molecule has 0 unspecified atom stereocenters. The van der Waals surface area contributed by atoms with Crippen molar-refractivity contribution >= 4 is 41.5 Å². The molecule has 8 heteroatoms. The van der Waals surface area contributed by atoms with E-state index in [2.05, 4.69) is 20.8 Å². The summed E-state index contributed by atoms with van der Waals surface area (Å²) in [5, 5.41) is 10.5. The van der Waals surface area contributed by atoms with Gasteiger partial charge in [-0.25, -0.2) is 0 Å². The monoisotopic (exact) mass is 483 g/mol. The highest BCUT2D eigenvalue weighted by Crippen LogP contribution is 2.21. The van der Waals surface area contributed by atoms with Gasteiger partial charge < -0.3 is 20.1 Å². The molecule has 3 rings (SSSR count). The lowest BCUT2D eigenvalue weighted by molar-refractivity contribution is -0.117. The fourth-order valence-corrected chi connectivity index (χ4v) is 3.05. The van der Waals surface area contributed by atoms with E-state index in [1.54, 1.807) is 7.05 Å². The average Bonchev–Trinajstić information content (AvgIpc) is 3.22. The lowest BCUT2D eigenvalue weighted by Crippen LogP contribution is -2.36. The first-order valence-electron chi connectivity index (χ1n) is 8.84. The zero-order chi connectivity index (χ0) is 18.5. The molecule has 2 aromatic rings. The number of nitrogens with zero attached hydrogens (tertiary/aromatic N) is 3. The van der Waals surface area contributed by atoms with Crippen molar-refractivity contribution in [2.75, 3.05) is 18.5 Å². The van der Waals surface area contributed by atoms with Gasteiger partial charge >= 0.3 is 0 Å². The molecule has 0 radical (unpaired) electrons. The van der Waals surface area contributed by atoms with Crippen LogP contribution in [0.3, 0.4) is 0 Å². The Kier molecular flexibility index (Phi) is 7.64. The third kappa shape index (κ3) is 5.21. The average molecular weight is 483 g/mol. The maximum absolute atomic E-state index is 11.8. The summed E-state index contributed by atoms with van der Waals surface area (Å²) in [5.41, 5.74) is 4.03. The number of aryl methyl sites for hydroxylation is 2. The standard InChI is InChI=1S/C19H25N5O2.HI/c1-13-17(14(2)26-23-13)12-22-19(20-3)21-11-15-6-8-16(9-7-15)24-10-4-5-18(24)25;/h6-9H,4-5,10-12H2,1-3H3,(H2,20,21,22);1H. The molecule has 1 aromatic heterocycles. The third-order valence-corrected chi connectivity index (χ3v) is 4.62. The number of carbonyl (C=O) groups excluding carboxylic acids is 1. The number of rotatable bonds is 5. The van der Waals surface area contributed by atoms with Crippen LogP contribution in [0.2, 0.25) is 0 Å². The fourth-order valence-electron chi connectivity index (χ4n) is 3.05. The Hall–Kier alpha value is -2.10. The van der Waals surface area contributed by atoms with E-state index in [1.807, 2.05) is 43.0 Å². The molecule has 0 bridgehead atoms. The molecule has 1 fully saturated rings. The zero-order valence-electron chi connectivity index (χ0n) is 15.9. The lowest BCUT2D eigenvalue weighted by atomic mass is 10.2. The number of guanidine groups is 1. The largest absolute Gasteiger partial charge is 0.361 e. The number of hydrogen-bond donors (Lipinski definition) is 2. The van der Waals surface area contributed by atoms with E-state index >= 15 is 0 Å². The van der Waals surface area contributed by atoms with Crippen LogP contribution in [0.25, 0.3) is 0 Å². The molecule has 1 aliphatic rings. The van der Waals surface area contributed by atoms with Crippen molar-refractivity contribution in [3.63, 3.8) is 0 Å². The molecule has 2 heterocycles. The van der Waals surface area contributed by atoms with Gasteiger partial charge in [-0.3, -0.25) is 9.79 Å². The van der Waals surface area contributed by atoms with E-state index < -0.39 is 0 Å². The molecule has 1 amide bonds. The van der Waals surface area contributed by atoms with E-state index in [0.717, 1.165) is 41.2 Å². The van der Waals surface area contributed by atoms with Crippen LogP contribution in [0.5, 0.6) is 0 Å². The third-order valence-electron chi connectivity index (χ3n) is 4.62. The molecule has 0 spiro atoms. The first kappa shape index (κ1) is 21.2. The number of nitrogens with one attached hydrogen (secondary N) is 2. The second kappa shape index (κ2) is 9.72. The predicted octanol–water partition coefficient (Wildman–Crippen LogP) is 2.90. The van der Waals surface area contributed by atoms with Gasteiger partial charge in [0.15, 0.2) is 5.96 Å². The molecule has 0 aliphatic carbocycles. The molecule has 2 N–H and O–H groups in total. The Balaban J connectivity index is 0.00000261. The van der Waals surface area contributed by atoms with Crippen LogP contribution in [-0.2, 0) is 17.9 Å². The Labute approximate surface area is 176 Å². The summed E-state index contributed by atoms with van der Waals surface area (Å²) in [5.74, 6) is 1.74. The number of hydrogen-bond acceptors (Lipinski definition) is 4. The van der Waals surface area contributed by atoms with Gasteiger partial charge in [0.25, 0.3) is 0 Å². The van der Waals surface area contributed by atoms with Gasteiger partial charge in [-0.1, -0.05) is 17.3 Å². The van der Waals surface area contributed by atoms with Crippen molar-refractivity contribution in [3.05, 3.63) is 46.8 Å². The van der Waals surface area contributed by atoms with Crippen LogP contribution in [0, 0.1) is 13.8 Å². The highest BCUT2D eigenvalue weighted by Gasteiger charge is 2.21. The summed E-state index contributed by atoms with van der Waals surface area (Å²) in [6, 6.07) is 8.07. The highest BCUT2D eigenvalue weighted by molar-refractivity contribution is 14.0. The minimum atomic E-state index is 0. The van der Waals surface area contributed by atoms with Crippen molar-refractivity contribution in [2.45, 2.75) is 39.8 Å². The zero-order valence-corrected chi connectivity index (χ0v) is 18.2. The summed E-state index contributed by atoms with van der Waals surface area (Å²) in [4.78, 5) is 17.9. The molecule has 146 valence electrons. The number of amides is 1. The van der Waals surface area contributed by atoms with E-state index in [4.69, 9.17) is 4.52 Å². The molecule has 0 atom stereocenters. The normalized spacial score (nSPS) is 14.3. The maximum atomic E-state index is 11.8. The van der Waals surface area contributed by atoms with E-state index in [0.29, 0.717) is 25.5 Å². The van der Waals surface area contributed by atoms with Crippen molar-refractivity contribution in [1.29, 1.82) is 0 Å². The van der Waals surface area contributed by atoms with Crippen LogP contribution < -0.4 is 15.5 Å². The van der Waals surface area contributed by atoms with Crippen LogP contribution >= 0.6 is 24.0 Å². The summed E-state index contributed by atoms with van der Waals surface area (Å²) in [6.07, 6.45) is 1.59. The summed E-state index contributed by atoms with van der Waals surface area (Å²) in [7, 11) is 1.74. The predicted molar refractivity (Wildman–Crippen MR) is 116 cm³/mol. The van der Waals surface area contributed by atoms with Crippen LogP contribution in [0.1, 0.15) is 35.4 Å². The molecule has 1 aliphatic heterocycles. The van der Waals surface area contributed by atoms with Crippen LogP contribution in [0.15, 0.2) is 33.8 Å². The van der Waals surface area contributed by atoms with Gasteiger partial charge in [-0.05, 0) is 38.0 Å². The SMILES string of the molecule is CN=C(NCc1ccc(N2CCCC2=O)cc1)NCc1c(C)noc1C.I. The van der Waals surface area contributed by atoms with Gasteiger partial charge in [-0.15, -0.1) is 24.0 Å². The lowest BCUT2D eigenvalue weighted by Gasteiger charge is -2.16. The summed E-state index contributed by atoms with van der Waals surface area (Å²) < 4.78 is 5.17. The maximum Gasteiger partial charge on any atom is 0.227 e. The molecule has 1 aromatic carbocycles. The first-order chi connectivity index (χ1) is 12.6. The Morgan fingerprint density at radius 3 is 2.48 bits per heavy atom. The number of benzene rings is 1. The quantitative estimate of drug-likeness (QED) is 0.389. The number of aliphatic imine (C=N–C) groups is 1. The van der Waals surface area contributed by atoms with Gasteiger partial charge in [0.05, 0.1) is 5.69 Å². The van der Waals surface area contributed by atoms with Crippen molar-refractivity contribution in [3.8, 4) is 0 Å². The summed E-state index contributed by atoms with van der Waals surface area (Å²) in [6.45, 7) is 5.90. The van der Waals surface area contributed by atoms with Crippen molar-refractivity contribution in [1.82, 2.24) is 15.8 Å². The second-order valence-electron chi connectivity index (χ2n) is 6.40. The van der Waals surface area contributed by atoms with E-state index in [-0.39, 0.29) is 29.9 Å². The number of aromatic nitrogens is 1. The van der Waals surface area contributed by atoms with E-state index in [9.17, 15) is 4.79 Å². The van der Waals surface area contributed by atoms with Gasteiger partial charge in [-0.2, -0.15) is 0 Å². The molecule has 0 saturated carbocycles. The highest BCUT2D eigenvalue weighted by atomic mass is 127. The number of halogens is 1. The summed E-state index contributed by atoms with van der Waals surface area (Å²) >= 11 is 0. The van der Waals surface area contributed by atoms with Gasteiger partial charge in [0.2, 0.25) is 5.91 Å². The molecule has 7 nitrogen and oxygen atoms in total. The fraction of sp³-hybridized carbons (Fsp3) is 0.421. The molecular formula is C19H26IN5O2. The second-order valence-corrected chi connectivity index (χ2v) is 6.40. The minimum absolute atomic E-state index is 0. The van der Waals surface area contributed by atoms with Crippen LogP contribution in [-0.4, -0.2) is 30.6 Å². The number of anilines is 1. The molecule has 1 saturated heterocycles. The Morgan fingerprint density at radius 1 is 1.22 bits per heavy atom.